The summed E-state index contributed by atoms with van der Waals surface area (Å²) in [4.78, 5) is 16.4. The quantitative estimate of drug-likeness (QED) is 0.917. The van der Waals surface area contributed by atoms with E-state index in [1.165, 1.54) is 16.3 Å². The van der Waals surface area contributed by atoms with Crippen LogP contribution in [0.3, 0.4) is 0 Å². The molecule has 3 rings (SSSR count). The Morgan fingerprint density at radius 2 is 2.00 bits per heavy atom. The van der Waals surface area contributed by atoms with Gasteiger partial charge in [-0.15, -0.1) is 0 Å². The Morgan fingerprint density at radius 3 is 2.79 bits per heavy atom. The second-order valence-electron chi connectivity index (χ2n) is 7.03. The molecule has 1 heterocycles. The maximum atomic E-state index is 12.3. The molecule has 1 aliphatic heterocycles. The Bertz CT molecular complexity index is 698. The number of fused-ring (bicyclic) bond motifs is 1. The minimum atomic E-state index is 0.0806. The molecule has 1 saturated heterocycles. The van der Waals surface area contributed by atoms with Crippen LogP contribution in [0.15, 0.2) is 42.5 Å². The number of amides is 2. The number of nitrogens with one attached hydrogen (secondary N) is 1. The number of hydrogen-bond acceptors (Lipinski definition) is 2. The van der Waals surface area contributed by atoms with E-state index < -0.39 is 0 Å². The minimum Gasteiger partial charge on any atom is -0.338 e. The van der Waals surface area contributed by atoms with Gasteiger partial charge in [0.05, 0.1) is 0 Å². The fraction of sp³-hybridized carbons (Fsp3) is 0.450. The van der Waals surface area contributed by atoms with Crippen LogP contribution in [-0.4, -0.2) is 56.1 Å². The lowest BCUT2D eigenvalue weighted by molar-refractivity contribution is 0.205. The maximum Gasteiger partial charge on any atom is 0.317 e. The largest absolute Gasteiger partial charge is 0.338 e. The SMILES string of the molecule is CN(C)C[C@H]1CCN(C(=O)NCCc2ccc3ccccc3c2)C1. The molecule has 0 spiro atoms. The monoisotopic (exact) mass is 325 g/mol. The minimum absolute atomic E-state index is 0.0806. The number of carbonyl (C=O) groups excluding carboxylic acids is 1. The van der Waals surface area contributed by atoms with Crippen molar-refractivity contribution in [2.75, 3.05) is 40.3 Å². The molecule has 2 aromatic carbocycles. The van der Waals surface area contributed by atoms with Crippen LogP contribution in [0, 0.1) is 5.92 Å². The first-order valence-corrected chi connectivity index (χ1v) is 8.77. The van der Waals surface area contributed by atoms with E-state index in [4.69, 9.17) is 0 Å². The molecule has 2 aromatic rings. The Kier molecular flexibility index (Phi) is 5.36. The molecule has 1 atom stereocenters. The molecule has 128 valence electrons. The highest BCUT2D eigenvalue weighted by Gasteiger charge is 2.26. The summed E-state index contributed by atoms with van der Waals surface area (Å²) in [6.07, 6.45) is 1.97. The molecular formula is C20H27N3O. The summed E-state index contributed by atoms with van der Waals surface area (Å²) < 4.78 is 0. The topological polar surface area (TPSA) is 35.6 Å². The Labute approximate surface area is 144 Å². The zero-order valence-electron chi connectivity index (χ0n) is 14.7. The molecule has 0 radical (unpaired) electrons. The van der Waals surface area contributed by atoms with E-state index in [1.54, 1.807) is 0 Å². The van der Waals surface area contributed by atoms with E-state index in [-0.39, 0.29) is 6.03 Å². The molecule has 4 heteroatoms. The average Bonchev–Trinajstić information content (AvgIpc) is 3.02. The Hall–Kier alpha value is -2.07. The third kappa shape index (κ3) is 4.26. The van der Waals surface area contributed by atoms with E-state index in [1.807, 2.05) is 4.90 Å². The second kappa shape index (κ2) is 7.67. The van der Waals surface area contributed by atoms with Crippen molar-refractivity contribution in [3.63, 3.8) is 0 Å². The number of likely N-dealkylation sites (tertiary alicyclic amines) is 1. The summed E-state index contributed by atoms with van der Waals surface area (Å²) in [7, 11) is 4.18. The predicted molar refractivity (Wildman–Crippen MR) is 99.3 cm³/mol. The first-order chi connectivity index (χ1) is 11.6. The van der Waals surface area contributed by atoms with Gasteiger partial charge in [-0.25, -0.2) is 4.79 Å². The van der Waals surface area contributed by atoms with E-state index in [0.717, 1.165) is 32.5 Å². The molecule has 1 fully saturated rings. The number of benzene rings is 2. The number of urea groups is 1. The first kappa shape index (κ1) is 16.8. The van der Waals surface area contributed by atoms with Crippen LogP contribution in [-0.2, 0) is 6.42 Å². The van der Waals surface area contributed by atoms with Gasteiger partial charge in [0.25, 0.3) is 0 Å². The lowest BCUT2D eigenvalue weighted by Crippen LogP contribution is -2.39. The Balaban J connectivity index is 1.46. The molecule has 1 aliphatic rings. The van der Waals surface area contributed by atoms with Crippen molar-refractivity contribution >= 4 is 16.8 Å². The van der Waals surface area contributed by atoms with Gasteiger partial charge >= 0.3 is 6.03 Å². The third-order valence-electron chi connectivity index (χ3n) is 4.70. The van der Waals surface area contributed by atoms with E-state index in [9.17, 15) is 4.79 Å². The van der Waals surface area contributed by atoms with Gasteiger partial charge in [0.1, 0.15) is 0 Å². The van der Waals surface area contributed by atoms with Gasteiger partial charge in [-0.3, -0.25) is 0 Å². The molecule has 2 amide bonds. The summed E-state index contributed by atoms with van der Waals surface area (Å²) in [6, 6.07) is 15.0. The number of hydrogen-bond donors (Lipinski definition) is 1. The molecule has 4 nitrogen and oxygen atoms in total. The van der Waals surface area contributed by atoms with Crippen LogP contribution in [0.25, 0.3) is 10.8 Å². The Morgan fingerprint density at radius 1 is 1.21 bits per heavy atom. The molecule has 0 saturated carbocycles. The van der Waals surface area contributed by atoms with Gasteiger partial charge in [-0.1, -0.05) is 42.5 Å². The van der Waals surface area contributed by atoms with Gasteiger partial charge in [0.15, 0.2) is 0 Å². The van der Waals surface area contributed by atoms with E-state index in [0.29, 0.717) is 12.5 Å². The van der Waals surface area contributed by atoms with Crippen molar-refractivity contribution in [1.29, 1.82) is 0 Å². The molecule has 0 unspecified atom stereocenters. The number of carbonyl (C=O) groups is 1. The van der Waals surface area contributed by atoms with Crippen molar-refractivity contribution in [2.45, 2.75) is 12.8 Å². The highest BCUT2D eigenvalue weighted by molar-refractivity contribution is 5.83. The molecule has 0 bridgehead atoms. The van der Waals surface area contributed by atoms with E-state index in [2.05, 4.69) is 66.8 Å². The molecule has 0 aromatic heterocycles. The van der Waals surface area contributed by atoms with E-state index >= 15 is 0 Å². The number of nitrogens with zero attached hydrogens (tertiary/aromatic N) is 2. The van der Waals surface area contributed by atoms with Gasteiger partial charge < -0.3 is 15.1 Å². The van der Waals surface area contributed by atoms with Crippen LogP contribution < -0.4 is 5.32 Å². The average molecular weight is 325 g/mol. The number of rotatable bonds is 5. The zero-order chi connectivity index (χ0) is 16.9. The van der Waals surface area contributed by atoms with Gasteiger partial charge in [-0.05, 0) is 49.2 Å². The summed E-state index contributed by atoms with van der Waals surface area (Å²) in [5.41, 5.74) is 1.26. The van der Waals surface area contributed by atoms with Gasteiger partial charge in [0.2, 0.25) is 0 Å². The van der Waals surface area contributed by atoms with Crippen molar-refractivity contribution < 1.29 is 4.79 Å². The second-order valence-corrected chi connectivity index (χ2v) is 7.03. The highest BCUT2D eigenvalue weighted by atomic mass is 16.2. The summed E-state index contributed by atoms with van der Waals surface area (Å²) in [6.45, 7) is 3.49. The van der Waals surface area contributed by atoms with Crippen molar-refractivity contribution in [3.8, 4) is 0 Å². The van der Waals surface area contributed by atoms with Crippen molar-refractivity contribution in [3.05, 3.63) is 48.0 Å². The summed E-state index contributed by atoms with van der Waals surface area (Å²) in [5, 5.41) is 5.58. The third-order valence-corrected chi connectivity index (χ3v) is 4.70. The standard InChI is InChI=1S/C20H27N3O/c1-22(2)14-17-10-12-23(15-17)20(24)21-11-9-16-7-8-18-5-3-4-6-19(18)13-16/h3-8,13,17H,9-12,14-15H2,1-2H3,(H,21,24)/t17-/m1/s1. The smallest absolute Gasteiger partial charge is 0.317 e. The van der Waals surface area contributed by atoms with Crippen LogP contribution >= 0.6 is 0 Å². The lowest BCUT2D eigenvalue weighted by atomic mass is 10.1. The molecule has 1 N–H and O–H groups in total. The van der Waals surface area contributed by atoms with Crippen LogP contribution in [0.2, 0.25) is 0 Å². The normalized spacial score (nSPS) is 17.6. The van der Waals surface area contributed by atoms with Crippen molar-refractivity contribution in [2.24, 2.45) is 5.92 Å². The summed E-state index contributed by atoms with van der Waals surface area (Å²) >= 11 is 0. The fourth-order valence-corrected chi connectivity index (χ4v) is 3.50. The van der Waals surface area contributed by atoms with Crippen LogP contribution in [0.1, 0.15) is 12.0 Å². The summed E-state index contributed by atoms with van der Waals surface area (Å²) in [5.74, 6) is 0.603. The van der Waals surface area contributed by atoms with Crippen LogP contribution in [0.5, 0.6) is 0 Å². The highest BCUT2D eigenvalue weighted by Crippen LogP contribution is 2.17. The lowest BCUT2D eigenvalue weighted by Gasteiger charge is -2.19. The zero-order valence-corrected chi connectivity index (χ0v) is 14.7. The first-order valence-electron chi connectivity index (χ1n) is 8.77. The maximum absolute atomic E-state index is 12.3. The predicted octanol–water partition coefficient (Wildman–Crippen LogP) is 2.98. The fourth-order valence-electron chi connectivity index (χ4n) is 3.50. The molecular weight excluding hydrogens is 298 g/mol. The van der Waals surface area contributed by atoms with Gasteiger partial charge in [0, 0.05) is 26.2 Å². The molecule has 24 heavy (non-hydrogen) atoms. The molecule has 0 aliphatic carbocycles. The van der Waals surface area contributed by atoms with Gasteiger partial charge in [-0.2, -0.15) is 0 Å². The van der Waals surface area contributed by atoms with Crippen LogP contribution in [0.4, 0.5) is 4.79 Å². The van der Waals surface area contributed by atoms with Crippen molar-refractivity contribution in [1.82, 2.24) is 15.1 Å².